The van der Waals surface area contributed by atoms with Gasteiger partial charge >= 0.3 is 0 Å². The molecule has 1 aliphatic heterocycles. The summed E-state index contributed by atoms with van der Waals surface area (Å²) < 4.78 is 16.5. The van der Waals surface area contributed by atoms with Crippen LogP contribution < -0.4 is 5.32 Å². The van der Waals surface area contributed by atoms with Crippen LogP contribution in [0.1, 0.15) is 39.5 Å². The molecule has 106 valence electrons. The number of amides is 1. The summed E-state index contributed by atoms with van der Waals surface area (Å²) in [5.74, 6) is -0.0611. The Balaban J connectivity index is 2.09. The molecule has 1 aliphatic rings. The van der Waals surface area contributed by atoms with Crippen LogP contribution >= 0.6 is 0 Å². The van der Waals surface area contributed by atoms with Crippen molar-refractivity contribution in [3.8, 4) is 0 Å². The molecule has 0 aromatic rings. The zero-order valence-corrected chi connectivity index (χ0v) is 11.4. The van der Waals surface area contributed by atoms with Crippen LogP contribution in [0, 0.1) is 0 Å². The number of nitrogens with one attached hydrogen (secondary N) is 1. The Labute approximate surface area is 109 Å². The van der Waals surface area contributed by atoms with E-state index in [9.17, 15) is 4.79 Å². The Bertz CT molecular complexity index is 233. The molecule has 1 saturated heterocycles. The van der Waals surface area contributed by atoms with Crippen molar-refractivity contribution >= 4 is 5.91 Å². The Hall–Kier alpha value is -0.650. The van der Waals surface area contributed by atoms with Crippen LogP contribution in [-0.4, -0.2) is 44.7 Å². The van der Waals surface area contributed by atoms with Crippen molar-refractivity contribution in [2.45, 2.75) is 51.9 Å². The van der Waals surface area contributed by atoms with E-state index in [0.717, 1.165) is 25.7 Å². The summed E-state index contributed by atoms with van der Waals surface area (Å²) in [6.45, 7) is 5.92. The predicted molar refractivity (Wildman–Crippen MR) is 68.3 cm³/mol. The van der Waals surface area contributed by atoms with Gasteiger partial charge in [-0.3, -0.25) is 4.79 Å². The molecule has 0 saturated carbocycles. The van der Waals surface area contributed by atoms with E-state index in [1.807, 2.05) is 13.8 Å². The summed E-state index contributed by atoms with van der Waals surface area (Å²) in [5.41, 5.74) is 0. The number of carbonyl (C=O) groups is 1. The molecule has 2 atom stereocenters. The van der Waals surface area contributed by atoms with Gasteiger partial charge in [-0.25, -0.2) is 0 Å². The molecule has 18 heavy (non-hydrogen) atoms. The molecule has 0 radical (unpaired) electrons. The maximum Gasteiger partial charge on any atom is 0.245 e. The SMILES string of the molecule is CCCNC(=O)COCC1CCCC(OCC)O1. The van der Waals surface area contributed by atoms with E-state index in [4.69, 9.17) is 14.2 Å². The van der Waals surface area contributed by atoms with E-state index in [1.165, 1.54) is 0 Å². The standard InChI is InChI=1S/C13H25NO4/c1-3-8-14-12(15)10-16-9-11-6-5-7-13(18-11)17-4-2/h11,13H,3-10H2,1-2H3,(H,14,15). The van der Waals surface area contributed by atoms with E-state index in [1.54, 1.807) is 0 Å². The monoisotopic (exact) mass is 259 g/mol. The minimum absolute atomic E-state index is 0.0503. The maximum atomic E-state index is 11.3. The van der Waals surface area contributed by atoms with Gasteiger partial charge in [0, 0.05) is 13.2 Å². The molecule has 1 heterocycles. The van der Waals surface area contributed by atoms with E-state index < -0.39 is 0 Å². The van der Waals surface area contributed by atoms with E-state index in [2.05, 4.69) is 5.32 Å². The second-order valence-electron chi connectivity index (χ2n) is 4.44. The largest absolute Gasteiger partial charge is 0.369 e. The first-order valence-electron chi connectivity index (χ1n) is 6.87. The third-order valence-corrected chi connectivity index (χ3v) is 2.77. The molecule has 0 spiro atoms. The van der Waals surface area contributed by atoms with Crippen molar-refractivity contribution in [1.82, 2.24) is 5.32 Å². The number of rotatable bonds is 8. The number of hydrogen-bond donors (Lipinski definition) is 1. The fourth-order valence-electron chi connectivity index (χ4n) is 1.89. The fourth-order valence-corrected chi connectivity index (χ4v) is 1.89. The van der Waals surface area contributed by atoms with Gasteiger partial charge in [-0.15, -0.1) is 0 Å². The molecule has 1 N–H and O–H groups in total. The van der Waals surface area contributed by atoms with Gasteiger partial charge in [-0.05, 0) is 32.6 Å². The zero-order chi connectivity index (χ0) is 13.2. The Morgan fingerprint density at radius 1 is 1.39 bits per heavy atom. The first-order valence-corrected chi connectivity index (χ1v) is 6.87. The molecular weight excluding hydrogens is 234 g/mol. The molecular formula is C13H25NO4. The lowest BCUT2D eigenvalue weighted by Gasteiger charge is -2.29. The average molecular weight is 259 g/mol. The molecule has 2 unspecified atom stereocenters. The average Bonchev–Trinajstić information content (AvgIpc) is 2.37. The Morgan fingerprint density at radius 2 is 2.22 bits per heavy atom. The van der Waals surface area contributed by atoms with Crippen LogP contribution in [0.3, 0.4) is 0 Å². The Morgan fingerprint density at radius 3 is 2.94 bits per heavy atom. The normalized spacial score (nSPS) is 23.9. The smallest absolute Gasteiger partial charge is 0.245 e. The molecule has 0 aromatic heterocycles. The molecule has 1 amide bonds. The highest BCUT2D eigenvalue weighted by molar-refractivity contribution is 5.77. The molecule has 0 bridgehead atoms. The third-order valence-electron chi connectivity index (χ3n) is 2.77. The van der Waals surface area contributed by atoms with Crippen LogP contribution in [0.15, 0.2) is 0 Å². The van der Waals surface area contributed by atoms with Gasteiger partial charge in [0.05, 0.1) is 12.7 Å². The van der Waals surface area contributed by atoms with Crippen molar-refractivity contribution in [3.05, 3.63) is 0 Å². The molecule has 1 rings (SSSR count). The van der Waals surface area contributed by atoms with Crippen molar-refractivity contribution < 1.29 is 19.0 Å². The number of carbonyl (C=O) groups excluding carboxylic acids is 1. The highest BCUT2D eigenvalue weighted by Gasteiger charge is 2.22. The third kappa shape index (κ3) is 6.33. The second kappa shape index (κ2) is 9.30. The summed E-state index contributed by atoms with van der Waals surface area (Å²) in [6.07, 6.45) is 3.89. The first kappa shape index (κ1) is 15.4. The summed E-state index contributed by atoms with van der Waals surface area (Å²) >= 11 is 0. The van der Waals surface area contributed by atoms with Crippen LogP contribution in [0.2, 0.25) is 0 Å². The van der Waals surface area contributed by atoms with Crippen molar-refractivity contribution in [3.63, 3.8) is 0 Å². The van der Waals surface area contributed by atoms with E-state index in [-0.39, 0.29) is 24.9 Å². The van der Waals surface area contributed by atoms with Gasteiger partial charge in [0.15, 0.2) is 6.29 Å². The van der Waals surface area contributed by atoms with Crippen molar-refractivity contribution in [2.24, 2.45) is 0 Å². The summed E-state index contributed by atoms with van der Waals surface area (Å²) in [5, 5.41) is 2.77. The van der Waals surface area contributed by atoms with Gasteiger partial charge in [-0.2, -0.15) is 0 Å². The Kier molecular flexibility index (Phi) is 7.96. The highest BCUT2D eigenvalue weighted by atomic mass is 16.7. The predicted octanol–water partition coefficient (Wildman–Crippen LogP) is 1.46. The van der Waals surface area contributed by atoms with Crippen LogP contribution in [0.4, 0.5) is 0 Å². The molecule has 0 aliphatic carbocycles. The van der Waals surface area contributed by atoms with Crippen LogP contribution in [-0.2, 0) is 19.0 Å². The fraction of sp³-hybridized carbons (Fsp3) is 0.923. The summed E-state index contributed by atoms with van der Waals surface area (Å²) in [4.78, 5) is 11.3. The van der Waals surface area contributed by atoms with Gasteiger partial charge in [0.1, 0.15) is 6.61 Å². The van der Waals surface area contributed by atoms with Gasteiger partial charge in [0.2, 0.25) is 5.91 Å². The van der Waals surface area contributed by atoms with Crippen molar-refractivity contribution in [1.29, 1.82) is 0 Å². The molecule has 5 heteroatoms. The van der Waals surface area contributed by atoms with Crippen molar-refractivity contribution in [2.75, 3.05) is 26.4 Å². The van der Waals surface area contributed by atoms with Crippen LogP contribution in [0.5, 0.6) is 0 Å². The highest BCUT2D eigenvalue weighted by Crippen LogP contribution is 2.19. The topological polar surface area (TPSA) is 56.8 Å². The number of hydrogen-bond acceptors (Lipinski definition) is 4. The second-order valence-corrected chi connectivity index (χ2v) is 4.44. The van der Waals surface area contributed by atoms with Gasteiger partial charge in [-0.1, -0.05) is 6.92 Å². The number of ether oxygens (including phenoxy) is 3. The minimum Gasteiger partial charge on any atom is -0.369 e. The van der Waals surface area contributed by atoms with E-state index in [0.29, 0.717) is 19.8 Å². The minimum atomic E-state index is -0.105. The lowest BCUT2D eigenvalue weighted by molar-refractivity contribution is -0.202. The lowest BCUT2D eigenvalue weighted by atomic mass is 10.1. The van der Waals surface area contributed by atoms with Gasteiger partial charge in [0.25, 0.3) is 0 Å². The lowest BCUT2D eigenvalue weighted by Crippen LogP contribution is -2.34. The maximum absolute atomic E-state index is 11.3. The zero-order valence-electron chi connectivity index (χ0n) is 11.4. The molecule has 1 fully saturated rings. The van der Waals surface area contributed by atoms with Gasteiger partial charge < -0.3 is 19.5 Å². The molecule has 0 aromatic carbocycles. The summed E-state index contributed by atoms with van der Waals surface area (Å²) in [6, 6.07) is 0. The molecule has 5 nitrogen and oxygen atoms in total. The van der Waals surface area contributed by atoms with E-state index >= 15 is 0 Å². The summed E-state index contributed by atoms with van der Waals surface area (Å²) in [7, 11) is 0. The first-order chi connectivity index (χ1) is 8.76. The van der Waals surface area contributed by atoms with Crippen LogP contribution in [0.25, 0.3) is 0 Å². The quantitative estimate of drug-likeness (QED) is 0.717.